The van der Waals surface area contributed by atoms with Crippen LogP contribution in [0.15, 0.2) is 12.2 Å². The topological polar surface area (TPSA) is 66.5 Å². The second-order valence-corrected chi connectivity index (χ2v) is 5.09. The molecular weight excluding hydrogens is 256 g/mol. The first-order valence-corrected chi connectivity index (χ1v) is 6.80. The van der Waals surface area contributed by atoms with Crippen LogP contribution in [0.5, 0.6) is 0 Å². The Morgan fingerprint density at radius 3 is 2.75 bits per heavy atom. The Hall–Kier alpha value is -2.09. The van der Waals surface area contributed by atoms with Crippen molar-refractivity contribution >= 4 is 17.8 Å². The molecule has 0 radical (unpaired) electrons. The molecular formula is C15H18N2O3. The lowest BCUT2D eigenvalue weighted by Gasteiger charge is -2.40. The molecule has 1 N–H and O–H groups in total. The van der Waals surface area contributed by atoms with E-state index < -0.39 is 23.3 Å². The minimum absolute atomic E-state index is 0.151. The fraction of sp³-hybridized carbons (Fsp3) is 0.533. The van der Waals surface area contributed by atoms with Gasteiger partial charge in [-0.15, -0.1) is 11.8 Å². The van der Waals surface area contributed by atoms with Crippen LogP contribution in [0.3, 0.4) is 0 Å². The number of hydrogen-bond donors (Lipinski definition) is 1. The molecule has 0 saturated carbocycles. The molecule has 0 aromatic rings. The van der Waals surface area contributed by atoms with E-state index in [0.717, 1.165) is 17.7 Å². The fourth-order valence-corrected chi connectivity index (χ4v) is 2.77. The number of imide groups is 2. The molecule has 5 heteroatoms. The number of rotatable bonds is 2. The van der Waals surface area contributed by atoms with E-state index in [4.69, 9.17) is 0 Å². The Balaban J connectivity index is 2.43. The molecule has 1 heterocycles. The van der Waals surface area contributed by atoms with Gasteiger partial charge in [0, 0.05) is 25.8 Å². The van der Waals surface area contributed by atoms with Crippen LogP contribution in [0.4, 0.5) is 4.79 Å². The molecule has 1 fully saturated rings. The summed E-state index contributed by atoms with van der Waals surface area (Å²) < 4.78 is 0. The van der Waals surface area contributed by atoms with Gasteiger partial charge in [-0.1, -0.05) is 19.1 Å². The van der Waals surface area contributed by atoms with Gasteiger partial charge in [0.05, 0.1) is 0 Å². The van der Waals surface area contributed by atoms with Crippen LogP contribution in [0.2, 0.25) is 0 Å². The number of allylic oxidation sites excluding steroid dienone is 2. The lowest BCUT2D eigenvalue weighted by atomic mass is 9.69. The number of carbonyl (C=O) groups excluding carboxylic acids is 3. The molecule has 1 aliphatic carbocycles. The Bertz CT molecular complexity index is 541. The zero-order valence-corrected chi connectivity index (χ0v) is 11.7. The number of barbiturate groups is 1. The third-order valence-corrected chi connectivity index (χ3v) is 3.93. The minimum atomic E-state index is -1.27. The molecule has 2 rings (SSSR count). The summed E-state index contributed by atoms with van der Waals surface area (Å²) in [5, 5.41) is 2.28. The van der Waals surface area contributed by atoms with E-state index in [1.54, 1.807) is 0 Å². The van der Waals surface area contributed by atoms with Crippen molar-refractivity contribution in [3.63, 3.8) is 0 Å². The highest BCUT2D eigenvalue weighted by Gasteiger charge is 2.56. The molecule has 0 bridgehead atoms. The minimum Gasteiger partial charge on any atom is -0.277 e. The summed E-state index contributed by atoms with van der Waals surface area (Å²) in [5.41, 5.74) is -1.27. The van der Waals surface area contributed by atoms with E-state index in [-0.39, 0.29) is 12.3 Å². The van der Waals surface area contributed by atoms with E-state index >= 15 is 0 Å². The molecule has 20 heavy (non-hydrogen) atoms. The first-order chi connectivity index (χ1) is 9.54. The molecule has 5 nitrogen and oxygen atoms in total. The lowest BCUT2D eigenvalue weighted by molar-refractivity contribution is -0.153. The summed E-state index contributed by atoms with van der Waals surface area (Å²) in [6.07, 6.45) is 6.26. The van der Waals surface area contributed by atoms with Gasteiger partial charge in [-0.2, -0.15) is 0 Å². The predicted molar refractivity (Wildman–Crippen MR) is 73.3 cm³/mol. The predicted octanol–water partition coefficient (Wildman–Crippen LogP) is 1.45. The van der Waals surface area contributed by atoms with E-state index in [1.165, 1.54) is 7.05 Å². The molecule has 4 amide bonds. The van der Waals surface area contributed by atoms with Gasteiger partial charge in [0.2, 0.25) is 11.8 Å². The van der Waals surface area contributed by atoms with Crippen molar-refractivity contribution in [3.05, 3.63) is 12.2 Å². The number of urea groups is 1. The van der Waals surface area contributed by atoms with Crippen molar-refractivity contribution < 1.29 is 14.4 Å². The summed E-state index contributed by atoms with van der Waals surface area (Å²) in [7, 11) is 1.39. The van der Waals surface area contributed by atoms with Crippen molar-refractivity contribution in [3.8, 4) is 11.8 Å². The van der Waals surface area contributed by atoms with Crippen molar-refractivity contribution in [2.24, 2.45) is 11.3 Å². The maximum Gasteiger partial charge on any atom is 0.330 e. The van der Waals surface area contributed by atoms with Gasteiger partial charge in [0.1, 0.15) is 5.41 Å². The van der Waals surface area contributed by atoms with E-state index in [9.17, 15) is 14.4 Å². The first-order valence-electron chi connectivity index (χ1n) is 6.80. The van der Waals surface area contributed by atoms with E-state index in [2.05, 4.69) is 17.2 Å². The maximum absolute atomic E-state index is 12.6. The highest BCUT2D eigenvalue weighted by Crippen LogP contribution is 2.42. The smallest absolute Gasteiger partial charge is 0.277 e. The molecule has 1 aliphatic heterocycles. The number of nitrogens with one attached hydrogen (secondary N) is 1. The third-order valence-electron chi connectivity index (χ3n) is 3.93. The second-order valence-electron chi connectivity index (χ2n) is 5.09. The van der Waals surface area contributed by atoms with Crippen LogP contribution in [-0.2, 0) is 9.59 Å². The van der Waals surface area contributed by atoms with Gasteiger partial charge in [-0.05, 0) is 12.8 Å². The van der Waals surface area contributed by atoms with Gasteiger partial charge < -0.3 is 0 Å². The number of nitrogens with zero attached hydrogens (tertiary/aromatic N) is 1. The van der Waals surface area contributed by atoms with Crippen LogP contribution < -0.4 is 5.32 Å². The van der Waals surface area contributed by atoms with Crippen molar-refractivity contribution in [1.29, 1.82) is 0 Å². The standard InChI is InChI=1S/C15H18N2O3/c1-3-4-7-10-15(11-8-5-6-9-11)12(18)16-14(20)17(2)13(15)19/h5,8,11H,3,6,9-10H2,1-2H3,(H,16,18,20)/t11?,15-/m0/s1. The number of hydrogen-bond acceptors (Lipinski definition) is 3. The quantitative estimate of drug-likeness (QED) is 0.471. The van der Waals surface area contributed by atoms with Gasteiger partial charge in [0.25, 0.3) is 0 Å². The third kappa shape index (κ3) is 2.11. The average molecular weight is 274 g/mol. The summed E-state index contributed by atoms with van der Waals surface area (Å²) in [4.78, 5) is 37.5. The Morgan fingerprint density at radius 1 is 1.40 bits per heavy atom. The highest BCUT2D eigenvalue weighted by atomic mass is 16.2. The van der Waals surface area contributed by atoms with Crippen molar-refractivity contribution in [2.45, 2.75) is 32.6 Å². The molecule has 1 saturated heterocycles. The van der Waals surface area contributed by atoms with Crippen LogP contribution in [0.1, 0.15) is 32.6 Å². The molecule has 0 aromatic carbocycles. The number of amides is 4. The number of carbonyl (C=O) groups is 3. The maximum atomic E-state index is 12.6. The van der Waals surface area contributed by atoms with Crippen molar-refractivity contribution in [2.75, 3.05) is 7.05 Å². The summed E-state index contributed by atoms with van der Waals surface area (Å²) in [5.74, 6) is 4.65. The largest absolute Gasteiger partial charge is 0.330 e. The summed E-state index contributed by atoms with van der Waals surface area (Å²) in [6.45, 7) is 1.91. The van der Waals surface area contributed by atoms with Crippen LogP contribution in [-0.4, -0.2) is 29.8 Å². The molecule has 0 aromatic heterocycles. The Morgan fingerprint density at radius 2 is 2.15 bits per heavy atom. The molecule has 0 spiro atoms. The van der Waals surface area contributed by atoms with E-state index in [1.807, 2.05) is 19.1 Å². The van der Waals surface area contributed by atoms with Crippen molar-refractivity contribution in [1.82, 2.24) is 10.2 Å². The zero-order chi connectivity index (χ0) is 14.8. The van der Waals surface area contributed by atoms with Gasteiger partial charge in [-0.3, -0.25) is 19.8 Å². The summed E-state index contributed by atoms with van der Waals surface area (Å²) >= 11 is 0. The molecule has 2 aliphatic rings. The van der Waals surface area contributed by atoms with Crippen LogP contribution in [0.25, 0.3) is 0 Å². The SMILES string of the molecule is CCC#CC[C@]1(C2C=CCC2)C(=O)NC(=O)N(C)C1=O. The molecule has 2 atom stereocenters. The fourth-order valence-electron chi connectivity index (χ4n) is 2.77. The summed E-state index contributed by atoms with van der Waals surface area (Å²) in [6, 6.07) is -0.666. The highest BCUT2D eigenvalue weighted by molar-refractivity contribution is 6.19. The van der Waals surface area contributed by atoms with E-state index in [0.29, 0.717) is 6.42 Å². The monoisotopic (exact) mass is 274 g/mol. The Kier molecular flexibility index (Phi) is 3.93. The average Bonchev–Trinajstić information content (AvgIpc) is 2.95. The lowest BCUT2D eigenvalue weighted by Crippen LogP contribution is -2.64. The van der Waals surface area contributed by atoms with Gasteiger partial charge >= 0.3 is 6.03 Å². The normalized spacial score (nSPS) is 29.2. The second kappa shape index (κ2) is 5.49. The molecule has 106 valence electrons. The van der Waals surface area contributed by atoms with Gasteiger partial charge in [0.15, 0.2) is 0 Å². The van der Waals surface area contributed by atoms with Crippen LogP contribution >= 0.6 is 0 Å². The Labute approximate surface area is 118 Å². The zero-order valence-electron chi connectivity index (χ0n) is 11.7. The first kappa shape index (κ1) is 14.3. The molecule has 1 unspecified atom stereocenters. The van der Waals surface area contributed by atoms with Gasteiger partial charge in [-0.25, -0.2) is 4.79 Å². The van der Waals surface area contributed by atoms with Crippen LogP contribution in [0, 0.1) is 23.2 Å².